The average molecular weight is 413 g/mol. The summed E-state index contributed by atoms with van der Waals surface area (Å²) in [5.74, 6) is 1.57. The van der Waals surface area contributed by atoms with Gasteiger partial charge < -0.3 is 5.32 Å². The third-order valence-corrected chi connectivity index (χ3v) is 5.80. The number of aromatic nitrogens is 6. The zero-order valence-electron chi connectivity index (χ0n) is 17.3. The maximum absolute atomic E-state index is 12.5. The molecule has 31 heavy (non-hydrogen) atoms. The maximum Gasteiger partial charge on any atom is 0.267 e. The number of nitrogens with zero attached hydrogens (tertiary/aromatic N) is 6. The number of fused-ring (bicyclic) bond motifs is 1. The van der Waals surface area contributed by atoms with Gasteiger partial charge in [0.15, 0.2) is 0 Å². The van der Waals surface area contributed by atoms with Crippen LogP contribution in [0.25, 0.3) is 22.2 Å². The molecule has 0 bridgehead atoms. The van der Waals surface area contributed by atoms with Crippen LogP contribution >= 0.6 is 0 Å². The molecule has 1 saturated carbocycles. The van der Waals surface area contributed by atoms with Crippen LogP contribution in [0.2, 0.25) is 0 Å². The van der Waals surface area contributed by atoms with Crippen LogP contribution in [0.15, 0.2) is 59.9 Å². The number of pyridine rings is 2. The van der Waals surface area contributed by atoms with Crippen LogP contribution in [-0.2, 0) is 0 Å². The molecule has 1 aliphatic carbocycles. The summed E-state index contributed by atoms with van der Waals surface area (Å²) in [5.41, 5.74) is 2.53. The molecule has 0 unspecified atom stereocenters. The van der Waals surface area contributed by atoms with Crippen molar-refractivity contribution in [3.63, 3.8) is 0 Å². The lowest BCUT2D eigenvalue weighted by Crippen LogP contribution is -2.33. The predicted molar refractivity (Wildman–Crippen MR) is 119 cm³/mol. The lowest BCUT2D eigenvalue weighted by molar-refractivity contribution is 0.304. The molecule has 0 spiro atoms. The van der Waals surface area contributed by atoms with Gasteiger partial charge in [-0.3, -0.25) is 14.8 Å². The minimum atomic E-state index is -0.0564. The second-order valence-corrected chi connectivity index (χ2v) is 7.90. The number of nitrogens with one attached hydrogen (secondary N) is 1. The lowest BCUT2D eigenvalue weighted by Gasteiger charge is -2.30. The van der Waals surface area contributed by atoms with Crippen molar-refractivity contribution in [1.82, 2.24) is 29.7 Å². The molecule has 0 aliphatic heterocycles. The number of anilines is 1. The van der Waals surface area contributed by atoms with Crippen LogP contribution in [0, 0.1) is 6.92 Å². The van der Waals surface area contributed by atoms with Crippen molar-refractivity contribution < 1.29 is 0 Å². The van der Waals surface area contributed by atoms with E-state index in [0.29, 0.717) is 6.04 Å². The Kier molecular flexibility index (Phi) is 5.11. The van der Waals surface area contributed by atoms with E-state index in [1.165, 1.54) is 0 Å². The maximum atomic E-state index is 12.5. The highest BCUT2D eigenvalue weighted by atomic mass is 16.1. The third kappa shape index (κ3) is 4.01. The van der Waals surface area contributed by atoms with E-state index in [4.69, 9.17) is 0 Å². The van der Waals surface area contributed by atoms with Crippen LogP contribution in [0.3, 0.4) is 0 Å². The van der Waals surface area contributed by atoms with Crippen LogP contribution < -0.4 is 10.9 Å². The quantitative estimate of drug-likeness (QED) is 0.546. The van der Waals surface area contributed by atoms with E-state index in [1.807, 2.05) is 25.1 Å². The summed E-state index contributed by atoms with van der Waals surface area (Å²) in [6.45, 7) is 1.89. The van der Waals surface area contributed by atoms with Crippen molar-refractivity contribution in [2.24, 2.45) is 0 Å². The molecule has 0 atom stereocenters. The van der Waals surface area contributed by atoms with E-state index in [-0.39, 0.29) is 11.6 Å². The van der Waals surface area contributed by atoms with Crippen LogP contribution in [0.1, 0.15) is 37.5 Å². The molecular formula is C23H23N7O. The first-order valence-corrected chi connectivity index (χ1v) is 10.5. The van der Waals surface area contributed by atoms with E-state index in [0.717, 1.165) is 59.5 Å². The number of rotatable bonds is 4. The molecule has 1 aliphatic rings. The molecule has 4 aromatic heterocycles. The summed E-state index contributed by atoms with van der Waals surface area (Å²) in [7, 11) is 0. The van der Waals surface area contributed by atoms with Crippen molar-refractivity contribution in [2.75, 3.05) is 5.32 Å². The van der Waals surface area contributed by atoms with Crippen molar-refractivity contribution in [2.45, 2.75) is 44.7 Å². The summed E-state index contributed by atoms with van der Waals surface area (Å²) in [5, 5.41) is 9.23. The highest BCUT2D eigenvalue weighted by Gasteiger charge is 2.25. The first kappa shape index (κ1) is 19.3. The molecule has 0 aromatic carbocycles. The average Bonchev–Trinajstić information content (AvgIpc) is 2.80. The standard InChI is InChI=1S/C23H23N7O/c1-15-26-21-14-25-13-10-19(21)23(27-15)28-17-2-4-18(5-3-17)30-22(31)7-6-20(29-30)16-8-11-24-12-9-16/h6-14,17-18H,2-5H2,1H3,(H,26,27,28). The Balaban J connectivity index is 1.32. The van der Waals surface area contributed by atoms with Gasteiger partial charge in [-0.25, -0.2) is 14.6 Å². The fourth-order valence-corrected chi connectivity index (χ4v) is 4.23. The topological polar surface area (TPSA) is 98.5 Å². The predicted octanol–water partition coefficient (Wildman–Crippen LogP) is 3.55. The number of hydrogen-bond acceptors (Lipinski definition) is 7. The van der Waals surface area contributed by atoms with Gasteiger partial charge >= 0.3 is 0 Å². The van der Waals surface area contributed by atoms with Crippen LogP contribution in [0.4, 0.5) is 5.82 Å². The van der Waals surface area contributed by atoms with Gasteiger partial charge in [0.1, 0.15) is 11.6 Å². The Bertz CT molecular complexity index is 1260. The van der Waals surface area contributed by atoms with Crippen molar-refractivity contribution in [3.05, 3.63) is 71.3 Å². The van der Waals surface area contributed by atoms with Gasteiger partial charge in [-0.05, 0) is 56.9 Å². The second-order valence-electron chi connectivity index (χ2n) is 7.90. The summed E-state index contributed by atoms with van der Waals surface area (Å²) < 4.78 is 1.65. The highest BCUT2D eigenvalue weighted by molar-refractivity contribution is 5.88. The van der Waals surface area contributed by atoms with Crippen LogP contribution in [-0.4, -0.2) is 35.8 Å². The normalized spacial score (nSPS) is 18.7. The van der Waals surface area contributed by atoms with Crippen molar-refractivity contribution >= 4 is 16.7 Å². The zero-order valence-corrected chi connectivity index (χ0v) is 17.3. The highest BCUT2D eigenvalue weighted by Crippen LogP contribution is 2.30. The Labute approximate surface area is 179 Å². The zero-order chi connectivity index (χ0) is 21.2. The van der Waals surface area contributed by atoms with E-state index >= 15 is 0 Å². The Morgan fingerprint density at radius 2 is 1.71 bits per heavy atom. The Morgan fingerprint density at radius 3 is 2.52 bits per heavy atom. The molecule has 1 N–H and O–H groups in total. The van der Waals surface area contributed by atoms with Gasteiger partial charge in [-0.2, -0.15) is 5.10 Å². The molecule has 156 valence electrons. The molecule has 8 nitrogen and oxygen atoms in total. The fraction of sp³-hybridized carbons (Fsp3) is 0.304. The Hall–Kier alpha value is -3.68. The largest absolute Gasteiger partial charge is 0.367 e. The van der Waals surface area contributed by atoms with Crippen LogP contribution in [0.5, 0.6) is 0 Å². The summed E-state index contributed by atoms with van der Waals surface area (Å²) in [6.07, 6.45) is 10.6. The minimum absolute atomic E-state index is 0.0564. The SMILES string of the molecule is Cc1nc(NC2CCC(n3nc(-c4ccncc4)ccc3=O)CC2)c2ccncc2n1. The third-order valence-electron chi connectivity index (χ3n) is 5.80. The van der Waals surface area contributed by atoms with E-state index in [1.54, 1.807) is 41.6 Å². The molecule has 8 heteroatoms. The molecule has 0 radical (unpaired) electrons. The number of hydrogen-bond donors (Lipinski definition) is 1. The summed E-state index contributed by atoms with van der Waals surface area (Å²) in [4.78, 5) is 29.8. The monoisotopic (exact) mass is 413 g/mol. The summed E-state index contributed by atoms with van der Waals surface area (Å²) in [6, 6.07) is 9.52. The smallest absolute Gasteiger partial charge is 0.267 e. The molecule has 1 fully saturated rings. The molecule has 4 heterocycles. The van der Waals surface area contributed by atoms with Gasteiger partial charge in [-0.15, -0.1) is 0 Å². The van der Waals surface area contributed by atoms with Crippen molar-refractivity contribution in [1.29, 1.82) is 0 Å². The first-order valence-electron chi connectivity index (χ1n) is 10.5. The Morgan fingerprint density at radius 1 is 0.935 bits per heavy atom. The van der Waals surface area contributed by atoms with Gasteiger partial charge in [0, 0.05) is 41.6 Å². The van der Waals surface area contributed by atoms with Gasteiger partial charge in [0.25, 0.3) is 5.56 Å². The molecule has 4 aromatic rings. The van der Waals surface area contributed by atoms with E-state index in [9.17, 15) is 4.79 Å². The van der Waals surface area contributed by atoms with E-state index < -0.39 is 0 Å². The number of aryl methyl sites for hydroxylation is 1. The fourth-order valence-electron chi connectivity index (χ4n) is 4.23. The molecule has 5 rings (SSSR count). The lowest BCUT2D eigenvalue weighted by atomic mass is 9.91. The van der Waals surface area contributed by atoms with E-state index in [2.05, 4.69) is 30.4 Å². The van der Waals surface area contributed by atoms with Crippen molar-refractivity contribution in [3.8, 4) is 11.3 Å². The molecule has 0 amide bonds. The molecular weight excluding hydrogens is 390 g/mol. The van der Waals surface area contributed by atoms with Gasteiger partial charge in [0.05, 0.1) is 23.4 Å². The second kappa shape index (κ2) is 8.22. The minimum Gasteiger partial charge on any atom is -0.367 e. The molecule has 0 saturated heterocycles. The van der Waals surface area contributed by atoms with Gasteiger partial charge in [0.2, 0.25) is 0 Å². The van der Waals surface area contributed by atoms with Gasteiger partial charge in [-0.1, -0.05) is 0 Å². The first-order chi connectivity index (χ1) is 15.2. The summed E-state index contributed by atoms with van der Waals surface area (Å²) >= 11 is 0.